The van der Waals surface area contributed by atoms with E-state index >= 15 is 0 Å². The number of benzene rings is 2. The minimum Gasteiger partial charge on any atom is -0.508 e. The molecule has 2 atom stereocenters. The lowest BCUT2D eigenvalue weighted by atomic mass is 10.0. The summed E-state index contributed by atoms with van der Waals surface area (Å²) in [7, 11) is 0. The molecule has 2 heterocycles. The van der Waals surface area contributed by atoms with Crippen LogP contribution in [-0.2, 0) is 13.0 Å². The second kappa shape index (κ2) is 10.1. The van der Waals surface area contributed by atoms with Crippen LogP contribution in [0.4, 0.5) is 5.95 Å². The van der Waals surface area contributed by atoms with Crippen molar-refractivity contribution in [2.24, 2.45) is 0 Å². The number of piperazine rings is 1. The van der Waals surface area contributed by atoms with Crippen molar-refractivity contribution < 1.29 is 5.11 Å². The van der Waals surface area contributed by atoms with Gasteiger partial charge in [0, 0.05) is 50.0 Å². The number of aromatic hydroxyl groups is 1. The van der Waals surface area contributed by atoms with Gasteiger partial charge in [-0.1, -0.05) is 24.3 Å². The molecular formula is C26H33N5O. The van der Waals surface area contributed by atoms with E-state index in [1.807, 2.05) is 24.4 Å². The van der Waals surface area contributed by atoms with Crippen molar-refractivity contribution in [3.63, 3.8) is 0 Å². The Labute approximate surface area is 190 Å². The van der Waals surface area contributed by atoms with Gasteiger partial charge in [-0.15, -0.1) is 0 Å². The van der Waals surface area contributed by atoms with Gasteiger partial charge in [-0.05, 0) is 68.1 Å². The van der Waals surface area contributed by atoms with Crippen LogP contribution < -0.4 is 10.6 Å². The van der Waals surface area contributed by atoms with Crippen LogP contribution in [0, 0.1) is 6.92 Å². The largest absolute Gasteiger partial charge is 0.508 e. The van der Waals surface area contributed by atoms with Crippen molar-refractivity contribution in [3.8, 4) is 17.0 Å². The minimum atomic E-state index is 0.288. The first-order valence-corrected chi connectivity index (χ1v) is 11.4. The third-order valence-corrected chi connectivity index (χ3v) is 6.15. The van der Waals surface area contributed by atoms with Crippen molar-refractivity contribution in [1.29, 1.82) is 0 Å². The first kappa shape index (κ1) is 22.2. The van der Waals surface area contributed by atoms with Crippen molar-refractivity contribution in [2.75, 3.05) is 25.0 Å². The molecule has 6 heteroatoms. The van der Waals surface area contributed by atoms with E-state index in [1.54, 1.807) is 12.1 Å². The smallest absolute Gasteiger partial charge is 0.223 e. The highest BCUT2D eigenvalue weighted by Gasteiger charge is 2.22. The van der Waals surface area contributed by atoms with E-state index in [2.05, 4.69) is 59.5 Å². The molecule has 3 N–H and O–H groups in total. The summed E-state index contributed by atoms with van der Waals surface area (Å²) in [6.45, 7) is 10.4. The average Bonchev–Trinajstić information content (AvgIpc) is 2.79. The lowest BCUT2D eigenvalue weighted by Crippen LogP contribution is -2.53. The monoisotopic (exact) mass is 431 g/mol. The van der Waals surface area contributed by atoms with Crippen molar-refractivity contribution in [2.45, 2.75) is 45.8 Å². The lowest BCUT2D eigenvalue weighted by Gasteiger charge is -2.37. The maximum Gasteiger partial charge on any atom is 0.223 e. The van der Waals surface area contributed by atoms with E-state index in [-0.39, 0.29) is 5.75 Å². The zero-order chi connectivity index (χ0) is 22.5. The Balaban J connectivity index is 1.44. The van der Waals surface area contributed by atoms with Gasteiger partial charge in [-0.2, -0.15) is 0 Å². The number of hydrogen-bond acceptors (Lipinski definition) is 6. The van der Waals surface area contributed by atoms with Crippen LogP contribution in [0.1, 0.15) is 30.5 Å². The van der Waals surface area contributed by atoms with Gasteiger partial charge in [0.05, 0.1) is 5.69 Å². The number of phenols is 1. The Kier molecular flexibility index (Phi) is 7.02. The van der Waals surface area contributed by atoms with Crippen LogP contribution in [0.5, 0.6) is 5.75 Å². The van der Waals surface area contributed by atoms with Gasteiger partial charge >= 0.3 is 0 Å². The van der Waals surface area contributed by atoms with Crippen LogP contribution in [0.3, 0.4) is 0 Å². The number of hydrogen-bond donors (Lipinski definition) is 3. The summed E-state index contributed by atoms with van der Waals surface area (Å²) in [4.78, 5) is 11.7. The Morgan fingerprint density at radius 1 is 1.09 bits per heavy atom. The molecule has 1 saturated heterocycles. The molecule has 32 heavy (non-hydrogen) atoms. The molecule has 3 aromatic rings. The first-order valence-electron chi connectivity index (χ1n) is 11.4. The van der Waals surface area contributed by atoms with Crippen molar-refractivity contribution in [3.05, 3.63) is 71.4 Å². The number of nitrogens with zero attached hydrogens (tertiary/aromatic N) is 3. The Hall–Kier alpha value is -2.96. The highest BCUT2D eigenvalue weighted by atomic mass is 16.3. The quantitative estimate of drug-likeness (QED) is 0.525. The topological polar surface area (TPSA) is 73.3 Å². The number of phenolic OH excluding ortho intramolecular Hbond substituents is 1. The molecule has 0 unspecified atom stereocenters. The molecule has 6 nitrogen and oxygen atoms in total. The molecule has 0 saturated carbocycles. The van der Waals surface area contributed by atoms with E-state index in [0.717, 1.165) is 49.4 Å². The number of aryl methyl sites for hydroxylation is 1. The van der Waals surface area contributed by atoms with Crippen molar-refractivity contribution in [1.82, 2.24) is 20.2 Å². The zero-order valence-corrected chi connectivity index (χ0v) is 19.2. The number of rotatable bonds is 7. The van der Waals surface area contributed by atoms with Crippen LogP contribution >= 0.6 is 0 Å². The fourth-order valence-corrected chi connectivity index (χ4v) is 4.17. The van der Waals surface area contributed by atoms with E-state index in [4.69, 9.17) is 4.98 Å². The molecule has 0 aliphatic carbocycles. The molecule has 1 aliphatic rings. The molecular weight excluding hydrogens is 398 g/mol. The summed E-state index contributed by atoms with van der Waals surface area (Å²) in [6, 6.07) is 17.0. The third kappa shape index (κ3) is 5.64. The van der Waals surface area contributed by atoms with Crippen LogP contribution in [-0.4, -0.2) is 51.7 Å². The van der Waals surface area contributed by atoms with Crippen LogP contribution in [0.15, 0.2) is 54.7 Å². The predicted molar refractivity (Wildman–Crippen MR) is 130 cm³/mol. The van der Waals surface area contributed by atoms with E-state index in [1.165, 1.54) is 11.1 Å². The highest BCUT2D eigenvalue weighted by molar-refractivity contribution is 5.65. The Morgan fingerprint density at radius 3 is 2.69 bits per heavy atom. The van der Waals surface area contributed by atoms with Gasteiger partial charge < -0.3 is 15.7 Å². The molecule has 2 aromatic carbocycles. The minimum absolute atomic E-state index is 0.288. The van der Waals surface area contributed by atoms with Gasteiger partial charge in [-0.3, -0.25) is 4.90 Å². The standard InChI is InChI=1S/C26H33N5O/c1-18-4-5-22(17-31-16-19(2)29-15-20(31)3)14-24(18)25-11-13-28-26(30-25)27-12-10-21-6-8-23(32)9-7-21/h4-9,11,13-14,19-20,29,32H,10,12,15-17H2,1-3H3,(H,27,28,30)/t19-,20-/m0/s1. The van der Waals surface area contributed by atoms with E-state index < -0.39 is 0 Å². The first-order chi connectivity index (χ1) is 15.5. The molecule has 168 valence electrons. The van der Waals surface area contributed by atoms with Crippen LogP contribution in [0.25, 0.3) is 11.3 Å². The summed E-state index contributed by atoms with van der Waals surface area (Å²) >= 11 is 0. The normalized spacial score (nSPS) is 19.1. The fourth-order valence-electron chi connectivity index (χ4n) is 4.17. The van der Waals surface area contributed by atoms with Gasteiger partial charge in [-0.25, -0.2) is 9.97 Å². The van der Waals surface area contributed by atoms with Gasteiger partial charge in [0.25, 0.3) is 0 Å². The second-order valence-corrected chi connectivity index (χ2v) is 8.85. The summed E-state index contributed by atoms with van der Waals surface area (Å²) in [5.41, 5.74) is 5.78. The Bertz CT molecular complexity index is 1040. The number of anilines is 1. The molecule has 1 fully saturated rings. The second-order valence-electron chi connectivity index (χ2n) is 8.85. The average molecular weight is 432 g/mol. The predicted octanol–water partition coefficient (Wildman–Crippen LogP) is 3.99. The SMILES string of the molecule is Cc1ccc(CN2C[C@H](C)NC[C@@H]2C)cc1-c1ccnc(NCCc2ccc(O)cc2)n1. The molecule has 1 aliphatic heterocycles. The molecule has 1 aromatic heterocycles. The summed E-state index contributed by atoms with van der Waals surface area (Å²) in [5.74, 6) is 0.923. The number of aromatic nitrogens is 2. The molecule has 0 bridgehead atoms. The van der Waals surface area contributed by atoms with Gasteiger partial charge in [0.1, 0.15) is 5.75 Å². The number of nitrogens with one attached hydrogen (secondary N) is 2. The maximum absolute atomic E-state index is 9.42. The van der Waals surface area contributed by atoms with E-state index in [0.29, 0.717) is 18.0 Å². The zero-order valence-electron chi connectivity index (χ0n) is 19.2. The molecule has 0 radical (unpaired) electrons. The van der Waals surface area contributed by atoms with E-state index in [9.17, 15) is 5.11 Å². The third-order valence-electron chi connectivity index (χ3n) is 6.15. The fraction of sp³-hybridized carbons (Fsp3) is 0.385. The molecule has 4 rings (SSSR count). The summed E-state index contributed by atoms with van der Waals surface area (Å²) in [6.07, 6.45) is 2.65. The maximum atomic E-state index is 9.42. The Morgan fingerprint density at radius 2 is 1.88 bits per heavy atom. The summed E-state index contributed by atoms with van der Waals surface area (Å²) < 4.78 is 0. The van der Waals surface area contributed by atoms with Gasteiger partial charge in [0.15, 0.2) is 0 Å². The highest BCUT2D eigenvalue weighted by Crippen LogP contribution is 2.25. The van der Waals surface area contributed by atoms with Gasteiger partial charge in [0.2, 0.25) is 5.95 Å². The van der Waals surface area contributed by atoms with Crippen LogP contribution in [0.2, 0.25) is 0 Å². The lowest BCUT2D eigenvalue weighted by molar-refractivity contribution is 0.139. The molecule has 0 amide bonds. The van der Waals surface area contributed by atoms with Crippen molar-refractivity contribution >= 4 is 5.95 Å². The molecule has 0 spiro atoms. The summed E-state index contributed by atoms with van der Waals surface area (Å²) in [5, 5.41) is 16.3.